The third-order valence-corrected chi connectivity index (χ3v) is 2.55. The lowest BCUT2D eigenvalue weighted by Crippen LogP contribution is -2.41. The van der Waals surface area contributed by atoms with Crippen LogP contribution in [0.3, 0.4) is 0 Å². The van der Waals surface area contributed by atoms with Gasteiger partial charge in [0.05, 0.1) is 0 Å². The van der Waals surface area contributed by atoms with Gasteiger partial charge >= 0.3 is 5.97 Å². The third-order valence-electron chi connectivity index (χ3n) is 2.55. The number of hydrogen-bond acceptors (Lipinski definition) is 4. The molecule has 1 amide bonds. The molecule has 1 aromatic carbocycles. The van der Waals surface area contributed by atoms with Crippen LogP contribution in [0.5, 0.6) is 0 Å². The average Bonchev–Trinajstić information content (AvgIpc) is 2.31. The number of carboxylic acids is 1. The molecule has 18 heavy (non-hydrogen) atoms. The number of benzene rings is 1. The molecule has 1 rings (SSSR count). The predicted octanol–water partition coefficient (Wildman–Crippen LogP) is 0.143. The van der Waals surface area contributed by atoms with E-state index in [1.165, 1.54) is 6.07 Å². The minimum atomic E-state index is -1.18. The van der Waals surface area contributed by atoms with E-state index in [9.17, 15) is 9.59 Å². The van der Waals surface area contributed by atoms with Crippen LogP contribution in [0.4, 0.5) is 5.69 Å². The monoisotopic (exact) mass is 252 g/mol. The first kappa shape index (κ1) is 14.0. The smallest absolute Gasteiger partial charge is 0.326 e. The minimum Gasteiger partial charge on any atom is -0.480 e. The lowest BCUT2D eigenvalue weighted by Gasteiger charge is -2.13. The van der Waals surface area contributed by atoms with Crippen LogP contribution in [0.2, 0.25) is 0 Å². The van der Waals surface area contributed by atoms with Gasteiger partial charge in [0.2, 0.25) is 0 Å². The maximum atomic E-state index is 11.8. The van der Waals surface area contributed by atoms with Gasteiger partial charge in [-0.1, -0.05) is 0 Å². The molecule has 0 saturated carbocycles. The number of amides is 1. The fourth-order valence-electron chi connectivity index (χ4n) is 1.44. The number of carboxylic acid groups (broad SMARTS) is 1. The fraction of sp³-hybridized carbons (Fsp3) is 0.333. The molecule has 0 spiro atoms. The number of aliphatic carboxylic acids is 1. The first-order valence-electron chi connectivity index (χ1n) is 5.46. The highest BCUT2D eigenvalue weighted by atomic mass is 16.4. The van der Waals surface area contributed by atoms with Gasteiger partial charge in [-0.25, -0.2) is 4.79 Å². The van der Waals surface area contributed by atoms with Gasteiger partial charge in [-0.15, -0.1) is 0 Å². The molecule has 0 aliphatic heterocycles. The number of rotatable bonds is 5. The number of aliphatic hydroxyl groups excluding tert-OH is 1. The van der Waals surface area contributed by atoms with E-state index in [4.69, 9.17) is 15.9 Å². The molecule has 6 nitrogen and oxygen atoms in total. The molecule has 0 aliphatic carbocycles. The number of hydrogen-bond donors (Lipinski definition) is 4. The van der Waals surface area contributed by atoms with Crippen LogP contribution >= 0.6 is 0 Å². The Morgan fingerprint density at radius 2 is 2.11 bits per heavy atom. The van der Waals surface area contributed by atoms with Crippen molar-refractivity contribution in [3.63, 3.8) is 0 Å². The molecular formula is C12H16N2O4. The Labute approximate surface area is 104 Å². The Kier molecular flexibility index (Phi) is 4.67. The second-order valence-electron chi connectivity index (χ2n) is 3.95. The largest absolute Gasteiger partial charge is 0.480 e. The van der Waals surface area contributed by atoms with E-state index in [1.807, 2.05) is 0 Å². The Balaban J connectivity index is 2.80. The summed E-state index contributed by atoms with van der Waals surface area (Å²) in [7, 11) is 0. The molecule has 0 bridgehead atoms. The topological polar surface area (TPSA) is 113 Å². The Morgan fingerprint density at radius 1 is 1.44 bits per heavy atom. The summed E-state index contributed by atoms with van der Waals surface area (Å²) in [5.41, 5.74) is 7.28. The highest BCUT2D eigenvalue weighted by Crippen LogP contribution is 2.12. The quantitative estimate of drug-likeness (QED) is 0.557. The van der Waals surface area contributed by atoms with E-state index in [0.29, 0.717) is 11.3 Å². The summed E-state index contributed by atoms with van der Waals surface area (Å²) in [5.74, 6) is -1.68. The molecule has 1 aromatic rings. The zero-order valence-electron chi connectivity index (χ0n) is 10.0. The highest BCUT2D eigenvalue weighted by Gasteiger charge is 2.20. The molecular weight excluding hydrogens is 236 g/mol. The van der Waals surface area contributed by atoms with E-state index in [2.05, 4.69) is 5.32 Å². The summed E-state index contributed by atoms with van der Waals surface area (Å²) in [5, 5.41) is 19.9. The normalized spacial score (nSPS) is 11.9. The standard InChI is InChI=1S/C12H16N2O4/c1-7-6-8(2-3-9(7)13)11(16)14-10(4-5-15)12(17)18/h2-3,6,10,15H,4-5,13H2,1H3,(H,14,16)(H,17,18). The van der Waals surface area contributed by atoms with E-state index in [0.717, 1.165) is 5.56 Å². The molecule has 1 unspecified atom stereocenters. The highest BCUT2D eigenvalue weighted by molar-refractivity contribution is 5.97. The number of nitrogens with one attached hydrogen (secondary N) is 1. The van der Waals surface area contributed by atoms with Crippen molar-refractivity contribution in [1.82, 2.24) is 5.32 Å². The van der Waals surface area contributed by atoms with Crippen molar-refractivity contribution in [2.75, 3.05) is 12.3 Å². The molecule has 0 fully saturated rings. The van der Waals surface area contributed by atoms with Gasteiger partial charge in [0.25, 0.3) is 5.91 Å². The first-order chi connectivity index (χ1) is 8.45. The van der Waals surface area contributed by atoms with Crippen molar-refractivity contribution < 1.29 is 19.8 Å². The van der Waals surface area contributed by atoms with Gasteiger partial charge in [0, 0.05) is 24.3 Å². The van der Waals surface area contributed by atoms with Crippen molar-refractivity contribution in [2.45, 2.75) is 19.4 Å². The number of carbonyl (C=O) groups is 2. The molecule has 0 radical (unpaired) electrons. The molecule has 0 aromatic heterocycles. The number of aryl methyl sites for hydroxylation is 1. The maximum Gasteiger partial charge on any atom is 0.326 e. The average molecular weight is 252 g/mol. The zero-order chi connectivity index (χ0) is 13.7. The predicted molar refractivity (Wildman–Crippen MR) is 66.2 cm³/mol. The molecule has 98 valence electrons. The first-order valence-corrected chi connectivity index (χ1v) is 5.46. The molecule has 0 heterocycles. The van der Waals surface area contributed by atoms with Crippen LogP contribution in [0.15, 0.2) is 18.2 Å². The molecule has 5 N–H and O–H groups in total. The molecule has 6 heteroatoms. The second-order valence-corrected chi connectivity index (χ2v) is 3.95. The van der Waals surface area contributed by atoms with Crippen LogP contribution in [0, 0.1) is 6.92 Å². The Morgan fingerprint density at radius 3 is 2.61 bits per heavy atom. The second kappa shape index (κ2) is 6.02. The van der Waals surface area contributed by atoms with Crippen molar-refractivity contribution in [3.8, 4) is 0 Å². The maximum absolute atomic E-state index is 11.8. The molecule has 1 atom stereocenters. The van der Waals surface area contributed by atoms with Crippen molar-refractivity contribution in [2.24, 2.45) is 0 Å². The zero-order valence-corrected chi connectivity index (χ0v) is 10.0. The van der Waals surface area contributed by atoms with Gasteiger partial charge in [-0.2, -0.15) is 0 Å². The molecule has 0 aliphatic rings. The summed E-state index contributed by atoms with van der Waals surface area (Å²) in [6.45, 7) is 1.45. The summed E-state index contributed by atoms with van der Waals surface area (Å²) < 4.78 is 0. The van der Waals surface area contributed by atoms with Gasteiger partial charge in [0.15, 0.2) is 0 Å². The van der Waals surface area contributed by atoms with Crippen molar-refractivity contribution in [1.29, 1.82) is 0 Å². The summed E-state index contributed by atoms with van der Waals surface area (Å²) in [6.07, 6.45) is -0.0327. The fourth-order valence-corrected chi connectivity index (χ4v) is 1.44. The van der Waals surface area contributed by atoms with Gasteiger partial charge < -0.3 is 21.3 Å². The van der Waals surface area contributed by atoms with E-state index >= 15 is 0 Å². The van der Waals surface area contributed by atoms with Crippen LogP contribution in [0.25, 0.3) is 0 Å². The van der Waals surface area contributed by atoms with Crippen LogP contribution in [-0.4, -0.2) is 34.7 Å². The number of carbonyl (C=O) groups excluding carboxylic acids is 1. The van der Waals surface area contributed by atoms with Crippen molar-refractivity contribution >= 4 is 17.6 Å². The van der Waals surface area contributed by atoms with Crippen LogP contribution < -0.4 is 11.1 Å². The van der Waals surface area contributed by atoms with E-state index in [1.54, 1.807) is 19.1 Å². The van der Waals surface area contributed by atoms with Gasteiger partial charge in [-0.05, 0) is 30.7 Å². The number of nitrogens with two attached hydrogens (primary N) is 1. The summed E-state index contributed by atoms with van der Waals surface area (Å²) in [6, 6.07) is 3.60. The third kappa shape index (κ3) is 3.46. The summed E-state index contributed by atoms with van der Waals surface area (Å²) in [4.78, 5) is 22.6. The van der Waals surface area contributed by atoms with E-state index < -0.39 is 17.9 Å². The van der Waals surface area contributed by atoms with Crippen LogP contribution in [-0.2, 0) is 4.79 Å². The number of anilines is 1. The number of nitrogen functional groups attached to an aromatic ring is 1. The minimum absolute atomic E-state index is 0.0327. The SMILES string of the molecule is Cc1cc(C(=O)NC(CCO)C(=O)O)ccc1N. The Bertz CT molecular complexity index is 459. The molecule has 0 saturated heterocycles. The van der Waals surface area contributed by atoms with Crippen molar-refractivity contribution in [3.05, 3.63) is 29.3 Å². The lowest BCUT2D eigenvalue weighted by atomic mass is 10.1. The summed E-state index contributed by atoms with van der Waals surface area (Å²) >= 11 is 0. The van der Waals surface area contributed by atoms with E-state index in [-0.39, 0.29) is 13.0 Å². The Hall–Kier alpha value is -2.08. The van der Waals surface area contributed by atoms with Crippen LogP contribution in [0.1, 0.15) is 22.3 Å². The number of aliphatic hydroxyl groups is 1. The van der Waals surface area contributed by atoms with Gasteiger partial charge in [0.1, 0.15) is 6.04 Å². The lowest BCUT2D eigenvalue weighted by molar-refractivity contribution is -0.139. The van der Waals surface area contributed by atoms with Gasteiger partial charge in [-0.3, -0.25) is 4.79 Å².